The van der Waals surface area contributed by atoms with E-state index in [1.54, 1.807) is 6.92 Å². The number of hydroxylamine groups is 1. The van der Waals surface area contributed by atoms with Gasteiger partial charge in [-0.15, -0.1) is 0 Å². The molecule has 0 aliphatic heterocycles. The van der Waals surface area contributed by atoms with Crippen LogP contribution in [0.5, 0.6) is 0 Å². The summed E-state index contributed by atoms with van der Waals surface area (Å²) in [6, 6.07) is 14.9. The summed E-state index contributed by atoms with van der Waals surface area (Å²) in [4.78, 5) is 22.5. The minimum absolute atomic E-state index is 0.345. The van der Waals surface area contributed by atoms with Gasteiger partial charge in [-0.25, -0.2) is 5.48 Å². The van der Waals surface area contributed by atoms with E-state index in [1.165, 1.54) is 21.8 Å². The van der Waals surface area contributed by atoms with E-state index >= 15 is 0 Å². The number of benzene rings is 2. The van der Waals surface area contributed by atoms with Crippen molar-refractivity contribution < 1.29 is 14.8 Å². The molecule has 1 atom stereocenters. The molecule has 0 saturated heterocycles. The Morgan fingerprint density at radius 1 is 1.04 bits per heavy atom. The lowest BCUT2D eigenvalue weighted by Gasteiger charge is -2.08. The molecule has 23 heavy (non-hydrogen) atoms. The first-order valence-corrected chi connectivity index (χ1v) is 8.08. The summed E-state index contributed by atoms with van der Waals surface area (Å²) in [5, 5.41) is 11.0. The van der Waals surface area contributed by atoms with E-state index in [4.69, 9.17) is 5.21 Å². The number of fused-ring (bicyclic) bond motifs is 1. The topological polar surface area (TPSA) is 66.4 Å². The van der Waals surface area contributed by atoms with Crippen molar-refractivity contribution >= 4 is 22.5 Å². The molecule has 0 aromatic heterocycles. The third kappa shape index (κ3) is 4.89. The summed E-state index contributed by atoms with van der Waals surface area (Å²) in [6.45, 7) is 1.72. The van der Waals surface area contributed by atoms with Crippen molar-refractivity contribution in [2.75, 3.05) is 0 Å². The molecular weight excluding hydrogens is 290 g/mol. The molecule has 4 nitrogen and oxygen atoms in total. The number of hydrogen-bond donors (Lipinski definition) is 2. The predicted octanol–water partition coefficient (Wildman–Crippen LogP) is 3.65. The number of aryl methyl sites for hydroxylation is 1. The zero-order valence-corrected chi connectivity index (χ0v) is 13.4. The Morgan fingerprint density at radius 3 is 2.52 bits per heavy atom. The Balaban J connectivity index is 1.72. The Bertz CT molecular complexity index is 681. The van der Waals surface area contributed by atoms with Gasteiger partial charge in [0.1, 0.15) is 0 Å². The highest BCUT2D eigenvalue weighted by molar-refractivity contribution is 6.36. The van der Waals surface area contributed by atoms with Crippen LogP contribution in [0, 0.1) is 5.92 Å². The summed E-state index contributed by atoms with van der Waals surface area (Å²) in [5.41, 5.74) is 2.72. The van der Waals surface area contributed by atoms with Crippen LogP contribution in [0.1, 0.15) is 38.2 Å². The highest BCUT2D eigenvalue weighted by Gasteiger charge is 2.19. The smallest absolute Gasteiger partial charge is 0.288 e. The molecule has 2 N–H and O–H groups in total. The van der Waals surface area contributed by atoms with Crippen molar-refractivity contribution in [3.05, 3.63) is 48.0 Å². The molecule has 0 radical (unpaired) electrons. The van der Waals surface area contributed by atoms with Crippen molar-refractivity contribution in [1.29, 1.82) is 0 Å². The van der Waals surface area contributed by atoms with Gasteiger partial charge in [0.05, 0.1) is 0 Å². The first kappa shape index (κ1) is 17.2. The van der Waals surface area contributed by atoms with Crippen LogP contribution in [-0.4, -0.2) is 16.9 Å². The maximum atomic E-state index is 11.5. The van der Waals surface area contributed by atoms with E-state index in [0.717, 1.165) is 25.7 Å². The second-order valence-corrected chi connectivity index (χ2v) is 5.99. The monoisotopic (exact) mass is 313 g/mol. The molecule has 1 unspecified atom stereocenters. The molecule has 122 valence electrons. The summed E-state index contributed by atoms with van der Waals surface area (Å²) in [6.07, 6.45) is 4.67. The highest BCUT2D eigenvalue weighted by Crippen LogP contribution is 2.18. The van der Waals surface area contributed by atoms with Crippen molar-refractivity contribution in [3.63, 3.8) is 0 Å². The Labute approximate surface area is 136 Å². The highest BCUT2D eigenvalue weighted by atomic mass is 16.5. The third-order valence-electron chi connectivity index (χ3n) is 4.19. The average molecular weight is 313 g/mol. The van der Waals surface area contributed by atoms with Gasteiger partial charge in [0.25, 0.3) is 0 Å². The molecule has 2 aromatic rings. The van der Waals surface area contributed by atoms with E-state index < -0.39 is 11.7 Å². The molecule has 0 saturated carbocycles. The minimum atomic E-state index is -0.923. The van der Waals surface area contributed by atoms with Crippen molar-refractivity contribution in [1.82, 2.24) is 5.48 Å². The molecular formula is C19H23NO3. The number of unbranched alkanes of at least 4 members (excludes halogenated alkanes) is 2. The fraction of sp³-hybridized carbons (Fsp3) is 0.368. The van der Waals surface area contributed by atoms with E-state index in [1.807, 2.05) is 12.1 Å². The number of amides is 1. The molecule has 2 rings (SSSR count). The van der Waals surface area contributed by atoms with Crippen LogP contribution in [0.3, 0.4) is 0 Å². The lowest BCUT2D eigenvalue weighted by Crippen LogP contribution is -2.32. The van der Waals surface area contributed by atoms with E-state index in [0.29, 0.717) is 6.42 Å². The van der Waals surface area contributed by atoms with Gasteiger partial charge in [-0.05, 0) is 35.6 Å². The van der Waals surface area contributed by atoms with Gasteiger partial charge in [-0.1, -0.05) is 62.2 Å². The van der Waals surface area contributed by atoms with Gasteiger partial charge >= 0.3 is 5.91 Å². The number of rotatable bonds is 8. The van der Waals surface area contributed by atoms with Crippen molar-refractivity contribution in [2.24, 2.45) is 5.92 Å². The van der Waals surface area contributed by atoms with E-state index in [-0.39, 0.29) is 5.92 Å². The van der Waals surface area contributed by atoms with Gasteiger partial charge in [0.2, 0.25) is 5.78 Å². The molecule has 0 aliphatic rings. The Hall–Kier alpha value is -2.20. The zero-order valence-electron chi connectivity index (χ0n) is 13.4. The van der Waals surface area contributed by atoms with Crippen LogP contribution >= 0.6 is 0 Å². The largest absolute Gasteiger partial charge is 0.310 e. The number of ketones is 1. The second kappa shape index (κ2) is 8.44. The van der Waals surface area contributed by atoms with Gasteiger partial charge in [0, 0.05) is 5.92 Å². The fourth-order valence-electron chi connectivity index (χ4n) is 2.76. The standard InChI is InChI=1S/C19H23NO3/c1-14(18(21)19(22)20-23)7-3-2-4-8-15-11-12-16-9-5-6-10-17(16)13-15/h5-6,9-14,23H,2-4,7-8H2,1H3,(H,20,22). The Morgan fingerprint density at radius 2 is 1.78 bits per heavy atom. The van der Waals surface area contributed by atoms with Crippen LogP contribution in [0.15, 0.2) is 42.5 Å². The van der Waals surface area contributed by atoms with Crippen LogP contribution in [-0.2, 0) is 16.0 Å². The fourth-order valence-corrected chi connectivity index (χ4v) is 2.76. The number of carbonyl (C=O) groups is 2. The lowest BCUT2D eigenvalue weighted by molar-refractivity contribution is -0.145. The molecule has 4 heteroatoms. The molecule has 0 heterocycles. The first-order chi connectivity index (χ1) is 11.1. The minimum Gasteiger partial charge on any atom is -0.288 e. The second-order valence-electron chi connectivity index (χ2n) is 5.99. The van der Waals surface area contributed by atoms with Crippen LogP contribution in [0.25, 0.3) is 10.8 Å². The predicted molar refractivity (Wildman–Crippen MR) is 90.2 cm³/mol. The number of carbonyl (C=O) groups excluding carboxylic acids is 2. The molecule has 0 aliphatic carbocycles. The zero-order chi connectivity index (χ0) is 16.7. The van der Waals surface area contributed by atoms with Crippen molar-refractivity contribution in [2.45, 2.75) is 39.0 Å². The molecule has 2 aromatic carbocycles. The van der Waals surface area contributed by atoms with Gasteiger partial charge in [-0.3, -0.25) is 14.8 Å². The van der Waals surface area contributed by atoms with Gasteiger partial charge in [0.15, 0.2) is 0 Å². The SMILES string of the molecule is CC(CCCCCc1ccc2ccccc2c1)C(=O)C(=O)NO. The first-order valence-electron chi connectivity index (χ1n) is 8.08. The van der Waals surface area contributed by atoms with Crippen molar-refractivity contribution in [3.8, 4) is 0 Å². The van der Waals surface area contributed by atoms with E-state index in [2.05, 4.69) is 30.3 Å². The van der Waals surface area contributed by atoms with Crippen LogP contribution in [0.4, 0.5) is 0 Å². The average Bonchev–Trinajstić information content (AvgIpc) is 2.59. The summed E-state index contributed by atoms with van der Waals surface area (Å²) in [5.74, 6) is -1.82. The number of Topliss-reactive ketones (excluding diaryl/α,β-unsaturated/α-hetero) is 1. The summed E-state index contributed by atoms with van der Waals surface area (Å²) < 4.78 is 0. The maximum Gasteiger partial charge on any atom is 0.310 e. The molecule has 1 amide bonds. The summed E-state index contributed by atoms with van der Waals surface area (Å²) >= 11 is 0. The molecule has 0 fully saturated rings. The summed E-state index contributed by atoms with van der Waals surface area (Å²) in [7, 11) is 0. The number of nitrogens with one attached hydrogen (secondary N) is 1. The quantitative estimate of drug-likeness (QED) is 0.338. The van der Waals surface area contributed by atoms with Crippen LogP contribution in [0.2, 0.25) is 0 Å². The maximum absolute atomic E-state index is 11.5. The molecule has 0 spiro atoms. The van der Waals surface area contributed by atoms with Crippen LogP contribution < -0.4 is 5.48 Å². The molecule has 0 bridgehead atoms. The van der Waals surface area contributed by atoms with E-state index in [9.17, 15) is 9.59 Å². The normalized spacial score (nSPS) is 12.1. The Kier molecular flexibility index (Phi) is 6.29. The third-order valence-corrected chi connectivity index (χ3v) is 4.19. The van der Waals surface area contributed by atoms with Gasteiger partial charge in [-0.2, -0.15) is 0 Å². The van der Waals surface area contributed by atoms with Gasteiger partial charge < -0.3 is 0 Å². The lowest BCUT2D eigenvalue weighted by atomic mass is 9.97. The number of hydrogen-bond acceptors (Lipinski definition) is 3.